The van der Waals surface area contributed by atoms with Gasteiger partial charge in [0.1, 0.15) is 12.4 Å². The second-order valence-corrected chi connectivity index (χ2v) is 4.07. The van der Waals surface area contributed by atoms with Gasteiger partial charge in [0.2, 0.25) is 11.8 Å². The highest BCUT2D eigenvalue weighted by atomic mass is 16.5. The molecule has 0 saturated heterocycles. The molecule has 1 aromatic carbocycles. The fourth-order valence-corrected chi connectivity index (χ4v) is 1.63. The highest BCUT2D eigenvalue weighted by molar-refractivity contribution is 5.76. The number of ether oxygens (including phenoxy) is 1. The third-order valence-corrected chi connectivity index (χ3v) is 2.55. The van der Waals surface area contributed by atoms with Crippen molar-refractivity contribution in [2.75, 3.05) is 13.2 Å². The van der Waals surface area contributed by atoms with Crippen LogP contribution in [0.5, 0.6) is 11.6 Å². The van der Waals surface area contributed by atoms with Crippen molar-refractivity contribution in [2.24, 2.45) is 0 Å². The predicted molar refractivity (Wildman–Crippen MR) is 74.5 cm³/mol. The van der Waals surface area contributed by atoms with Gasteiger partial charge in [0.15, 0.2) is 0 Å². The van der Waals surface area contributed by atoms with Crippen LogP contribution in [0.25, 0.3) is 0 Å². The molecule has 2 rings (SSSR count). The number of hydrogen-bond donors (Lipinski definition) is 2. The van der Waals surface area contributed by atoms with E-state index in [9.17, 15) is 4.79 Å². The molecule has 0 unspecified atom stereocenters. The molecule has 1 heterocycles. The first kappa shape index (κ1) is 14.0. The molecule has 6 heteroatoms. The van der Waals surface area contributed by atoms with E-state index in [2.05, 4.69) is 15.5 Å². The first-order valence-corrected chi connectivity index (χ1v) is 6.20. The molecule has 106 valence electrons. The summed E-state index contributed by atoms with van der Waals surface area (Å²) in [7, 11) is 0. The lowest BCUT2D eigenvalue weighted by molar-refractivity contribution is -0.123. The van der Waals surface area contributed by atoms with E-state index < -0.39 is 6.61 Å². The van der Waals surface area contributed by atoms with Gasteiger partial charge in [0, 0.05) is 20.2 Å². The van der Waals surface area contributed by atoms with Gasteiger partial charge in [0.05, 0.1) is 0 Å². The molecule has 0 aliphatic rings. The largest absolute Gasteiger partial charge is 0.438 e. The van der Waals surface area contributed by atoms with E-state index in [1.54, 1.807) is 18.3 Å². The Labute approximate surface area is 117 Å². The first-order valence-electron chi connectivity index (χ1n) is 6.20. The number of carbonyl (C=O) groups is 1. The molecule has 20 heavy (non-hydrogen) atoms. The van der Waals surface area contributed by atoms with Crippen LogP contribution in [0, 0.1) is 0 Å². The van der Waals surface area contributed by atoms with Gasteiger partial charge in [-0.2, -0.15) is 5.10 Å². The van der Waals surface area contributed by atoms with E-state index in [-0.39, 0.29) is 7.33 Å². The molecule has 0 saturated carbocycles. The fraction of sp³-hybridized carbons (Fsp3) is 0.214. The molecular formula is C14H17N3O3. The Bertz CT molecular complexity index is 566. The number of rotatable bonds is 6. The molecule has 0 spiro atoms. The number of aromatic nitrogens is 2. The van der Waals surface area contributed by atoms with Crippen molar-refractivity contribution in [1.29, 1.82) is 0 Å². The number of aliphatic hydroxyl groups excluding tert-OH is 1. The van der Waals surface area contributed by atoms with Crippen molar-refractivity contribution in [3.8, 4) is 11.6 Å². The summed E-state index contributed by atoms with van der Waals surface area (Å²) in [6.07, 6.45) is 2.23. The molecule has 0 radical (unpaired) electrons. The van der Waals surface area contributed by atoms with Crippen molar-refractivity contribution in [2.45, 2.75) is 6.42 Å². The molecule has 6 nitrogen and oxygen atoms in total. The zero-order valence-electron chi connectivity index (χ0n) is 10.8. The van der Waals surface area contributed by atoms with Gasteiger partial charge in [-0.1, -0.05) is 12.1 Å². The number of aliphatic hydroxyl groups is 1. The maximum Gasteiger partial charge on any atom is 0.245 e. The normalized spacial score (nSPS) is 10.1. The molecule has 0 aliphatic heterocycles. The number of nitrogens with one attached hydrogen (secondary N) is 1. The van der Waals surface area contributed by atoms with Gasteiger partial charge in [-0.25, -0.2) is 0 Å². The zero-order chi connectivity index (χ0) is 14.2. The van der Waals surface area contributed by atoms with Gasteiger partial charge in [0.25, 0.3) is 0 Å². The number of benzene rings is 1. The van der Waals surface area contributed by atoms with Crippen molar-refractivity contribution < 1.29 is 16.1 Å². The number of carbonyl (C=O) groups excluding carboxylic acids is 1. The monoisotopic (exact) mass is 275 g/mol. The van der Waals surface area contributed by atoms with Crippen LogP contribution in [-0.4, -0.2) is 34.4 Å². The van der Waals surface area contributed by atoms with E-state index in [4.69, 9.17) is 9.84 Å². The molecular weight excluding hydrogens is 258 g/mol. The van der Waals surface area contributed by atoms with E-state index in [1.165, 1.54) is 0 Å². The smallest absolute Gasteiger partial charge is 0.245 e. The molecule has 0 atom stereocenters. The topological polar surface area (TPSA) is 84.3 Å². The van der Waals surface area contributed by atoms with Crippen LogP contribution in [0.4, 0.5) is 0 Å². The minimum Gasteiger partial charge on any atom is -0.438 e. The van der Waals surface area contributed by atoms with Gasteiger partial charge >= 0.3 is 0 Å². The van der Waals surface area contributed by atoms with Crippen molar-refractivity contribution >= 4 is 5.91 Å². The maximum atomic E-state index is 10.9. The van der Waals surface area contributed by atoms with Crippen LogP contribution in [-0.2, 0) is 11.2 Å². The third-order valence-electron chi connectivity index (χ3n) is 2.55. The number of hydrogen-bond acceptors (Lipinski definition) is 5. The minimum absolute atomic E-state index is 0. The summed E-state index contributed by atoms with van der Waals surface area (Å²) in [5.74, 6) is 0.715. The summed E-state index contributed by atoms with van der Waals surface area (Å²) in [5.41, 5.74) is 1.02. The van der Waals surface area contributed by atoms with Crippen LogP contribution in [0.2, 0.25) is 0 Å². The maximum absolute atomic E-state index is 10.9. The second kappa shape index (κ2) is 7.20. The van der Waals surface area contributed by atoms with Crippen LogP contribution in [0.15, 0.2) is 42.6 Å². The Balaban J connectivity index is 0.00000220. The molecule has 0 fully saturated rings. The standard InChI is InChI=1S/C14H15N3O3.H2/c18-10-13(19)15-8-6-11-3-1-4-12(9-11)20-14-5-2-7-16-17-14;/h1-5,7,9,18H,6,8,10H2,(H,15,19);1H. The average molecular weight is 275 g/mol. The third kappa shape index (κ3) is 4.33. The van der Waals surface area contributed by atoms with E-state index >= 15 is 0 Å². The lowest BCUT2D eigenvalue weighted by atomic mass is 10.1. The predicted octanol–water partition coefficient (Wildman–Crippen LogP) is 1.17. The Kier molecular flexibility index (Phi) is 5.02. The summed E-state index contributed by atoms with van der Waals surface area (Å²) < 4.78 is 5.57. The van der Waals surface area contributed by atoms with Gasteiger partial charge in [-0.05, 0) is 30.2 Å². The summed E-state index contributed by atoms with van der Waals surface area (Å²) in [5, 5.41) is 18.8. The van der Waals surface area contributed by atoms with Crippen LogP contribution in [0.1, 0.15) is 6.99 Å². The minimum atomic E-state index is -0.490. The number of amides is 1. The van der Waals surface area contributed by atoms with Crippen LogP contribution >= 0.6 is 0 Å². The van der Waals surface area contributed by atoms with Crippen molar-refractivity contribution in [3.63, 3.8) is 0 Å². The fourth-order valence-electron chi connectivity index (χ4n) is 1.63. The van der Waals surface area contributed by atoms with Crippen molar-refractivity contribution in [1.82, 2.24) is 15.5 Å². The molecule has 1 amide bonds. The Morgan fingerprint density at radius 1 is 1.35 bits per heavy atom. The van der Waals surface area contributed by atoms with Gasteiger partial charge in [-0.3, -0.25) is 4.79 Å². The van der Waals surface area contributed by atoms with Gasteiger partial charge in [-0.15, -0.1) is 5.10 Å². The Morgan fingerprint density at radius 2 is 2.25 bits per heavy atom. The molecule has 0 bridgehead atoms. The van der Waals surface area contributed by atoms with Crippen molar-refractivity contribution in [3.05, 3.63) is 48.2 Å². The SMILES string of the molecule is O=C(CO)NCCc1cccc(Oc2cccnn2)c1.[HH]. The first-order chi connectivity index (χ1) is 9.78. The highest BCUT2D eigenvalue weighted by Crippen LogP contribution is 2.19. The summed E-state index contributed by atoms with van der Waals surface area (Å²) in [6.45, 7) is -0.0240. The van der Waals surface area contributed by atoms with E-state index in [1.807, 2.05) is 24.3 Å². The Morgan fingerprint density at radius 3 is 3.00 bits per heavy atom. The quantitative estimate of drug-likeness (QED) is 0.826. The Hall–Kier alpha value is -2.47. The molecule has 2 N–H and O–H groups in total. The lowest BCUT2D eigenvalue weighted by Crippen LogP contribution is -2.28. The molecule has 2 aromatic rings. The number of nitrogens with zero attached hydrogens (tertiary/aromatic N) is 2. The lowest BCUT2D eigenvalue weighted by Gasteiger charge is -2.07. The zero-order valence-corrected chi connectivity index (χ0v) is 10.8. The van der Waals surface area contributed by atoms with Gasteiger partial charge < -0.3 is 15.2 Å². The highest BCUT2D eigenvalue weighted by Gasteiger charge is 2.01. The molecule has 0 aliphatic carbocycles. The van der Waals surface area contributed by atoms with E-state index in [0.717, 1.165) is 5.56 Å². The summed E-state index contributed by atoms with van der Waals surface area (Å²) in [4.78, 5) is 10.9. The average Bonchev–Trinajstić information content (AvgIpc) is 2.48. The summed E-state index contributed by atoms with van der Waals surface area (Å²) in [6, 6.07) is 11.0. The second-order valence-electron chi connectivity index (χ2n) is 4.07. The van der Waals surface area contributed by atoms with E-state index in [0.29, 0.717) is 24.6 Å². The summed E-state index contributed by atoms with van der Waals surface area (Å²) >= 11 is 0. The molecule has 1 aromatic heterocycles. The van der Waals surface area contributed by atoms with Crippen LogP contribution in [0.3, 0.4) is 0 Å². The van der Waals surface area contributed by atoms with Crippen LogP contribution < -0.4 is 10.1 Å².